The number of benzene rings is 1. The fraction of sp³-hybridized carbons (Fsp3) is 0.526. The third kappa shape index (κ3) is 8.34. The maximum atomic E-state index is 12.6. The molecule has 8 heteroatoms. The number of rotatable bonds is 11. The molecule has 0 bridgehead atoms. The molecule has 0 aliphatic rings. The van der Waals surface area contributed by atoms with Crippen molar-refractivity contribution in [1.82, 2.24) is 10.6 Å². The predicted octanol–water partition coefficient (Wildman–Crippen LogP) is 2.65. The van der Waals surface area contributed by atoms with Crippen molar-refractivity contribution in [3.05, 3.63) is 35.9 Å². The molecular weight excluding hydrogens is 368 g/mol. The van der Waals surface area contributed by atoms with Crippen LogP contribution in [0.4, 0.5) is 4.79 Å². The summed E-state index contributed by atoms with van der Waals surface area (Å²) in [6.45, 7) is 3.80. The number of amides is 2. The SMILES string of the molecule is CCC(C)[C@@H](NC(=O)OCc1ccccc1)C(=O)N[C@H](CCSC)C(=O)O. The van der Waals surface area contributed by atoms with E-state index in [0.29, 0.717) is 18.6 Å². The molecule has 27 heavy (non-hydrogen) atoms. The summed E-state index contributed by atoms with van der Waals surface area (Å²) in [5.74, 6) is -1.18. The number of alkyl carbamates (subject to hydrolysis) is 1. The molecule has 1 aromatic rings. The first-order valence-corrected chi connectivity index (χ1v) is 10.3. The normalized spacial score (nSPS) is 13.9. The van der Waals surface area contributed by atoms with E-state index >= 15 is 0 Å². The average molecular weight is 397 g/mol. The van der Waals surface area contributed by atoms with E-state index in [-0.39, 0.29) is 12.5 Å². The van der Waals surface area contributed by atoms with Gasteiger partial charge in [0, 0.05) is 0 Å². The highest BCUT2D eigenvalue weighted by atomic mass is 32.2. The Morgan fingerprint density at radius 1 is 1.19 bits per heavy atom. The van der Waals surface area contributed by atoms with E-state index < -0.39 is 30.1 Å². The lowest BCUT2D eigenvalue weighted by Crippen LogP contribution is -2.54. The van der Waals surface area contributed by atoms with E-state index in [1.54, 1.807) is 0 Å². The Morgan fingerprint density at radius 3 is 2.41 bits per heavy atom. The number of ether oxygens (including phenoxy) is 1. The van der Waals surface area contributed by atoms with E-state index in [9.17, 15) is 19.5 Å². The molecule has 0 heterocycles. The van der Waals surface area contributed by atoms with Gasteiger partial charge in [0.1, 0.15) is 18.7 Å². The van der Waals surface area contributed by atoms with Gasteiger partial charge in [-0.25, -0.2) is 9.59 Å². The fourth-order valence-electron chi connectivity index (χ4n) is 2.35. The molecule has 7 nitrogen and oxygen atoms in total. The molecule has 1 rings (SSSR count). The van der Waals surface area contributed by atoms with Crippen LogP contribution in [0.1, 0.15) is 32.3 Å². The number of carbonyl (C=O) groups excluding carboxylic acids is 2. The van der Waals surface area contributed by atoms with E-state index in [0.717, 1.165) is 5.56 Å². The van der Waals surface area contributed by atoms with Crippen LogP contribution in [0.3, 0.4) is 0 Å². The molecule has 1 aromatic carbocycles. The summed E-state index contributed by atoms with van der Waals surface area (Å²) < 4.78 is 5.17. The molecule has 0 saturated heterocycles. The lowest BCUT2D eigenvalue weighted by Gasteiger charge is -2.25. The zero-order valence-corrected chi connectivity index (χ0v) is 16.8. The van der Waals surface area contributed by atoms with E-state index in [4.69, 9.17) is 4.74 Å². The van der Waals surface area contributed by atoms with Crippen molar-refractivity contribution in [3.8, 4) is 0 Å². The van der Waals surface area contributed by atoms with Crippen LogP contribution in [-0.4, -0.2) is 47.2 Å². The Kier molecular flexibility index (Phi) is 10.3. The second-order valence-electron chi connectivity index (χ2n) is 6.25. The number of carboxylic acids is 1. The van der Waals surface area contributed by atoms with Crippen molar-refractivity contribution in [2.24, 2.45) is 5.92 Å². The number of carboxylic acid groups (broad SMARTS) is 1. The molecule has 150 valence electrons. The van der Waals surface area contributed by atoms with Crippen LogP contribution in [-0.2, 0) is 20.9 Å². The van der Waals surface area contributed by atoms with Gasteiger partial charge in [0.15, 0.2) is 0 Å². The highest BCUT2D eigenvalue weighted by molar-refractivity contribution is 7.98. The zero-order valence-electron chi connectivity index (χ0n) is 15.9. The van der Waals surface area contributed by atoms with Gasteiger partial charge in [0.2, 0.25) is 5.91 Å². The Hall–Kier alpha value is -2.22. The first kappa shape index (κ1) is 22.8. The molecule has 0 aromatic heterocycles. The minimum atomic E-state index is -1.09. The first-order valence-electron chi connectivity index (χ1n) is 8.88. The maximum Gasteiger partial charge on any atom is 0.408 e. The smallest absolute Gasteiger partial charge is 0.408 e. The average Bonchev–Trinajstić information content (AvgIpc) is 2.67. The summed E-state index contributed by atoms with van der Waals surface area (Å²) in [6.07, 6.45) is 2.11. The topological polar surface area (TPSA) is 105 Å². The van der Waals surface area contributed by atoms with Crippen molar-refractivity contribution in [3.63, 3.8) is 0 Å². The molecule has 3 atom stereocenters. The number of hydrogen-bond donors (Lipinski definition) is 3. The third-order valence-electron chi connectivity index (χ3n) is 4.21. The van der Waals surface area contributed by atoms with Gasteiger partial charge in [0.25, 0.3) is 0 Å². The minimum Gasteiger partial charge on any atom is -0.480 e. The summed E-state index contributed by atoms with van der Waals surface area (Å²) in [5.41, 5.74) is 0.834. The van der Waals surface area contributed by atoms with Crippen LogP contribution in [0, 0.1) is 5.92 Å². The van der Waals surface area contributed by atoms with Crippen LogP contribution in [0.15, 0.2) is 30.3 Å². The van der Waals surface area contributed by atoms with Crippen LogP contribution >= 0.6 is 11.8 Å². The van der Waals surface area contributed by atoms with Crippen LogP contribution in [0.5, 0.6) is 0 Å². The Morgan fingerprint density at radius 2 is 1.85 bits per heavy atom. The highest BCUT2D eigenvalue weighted by Gasteiger charge is 2.30. The molecule has 0 saturated carbocycles. The van der Waals surface area contributed by atoms with Gasteiger partial charge in [0.05, 0.1) is 0 Å². The molecule has 0 fully saturated rings. The zero-order chi connectivity index (χ0) is 20.2. The molecule has 3 N–H and O–H groups in total. The monoisotopic (exact) mass is 396 g/mol. The molecule has 0 aliphatic carbocycles. The Bertz CT molecular complexity index is 611. The summed E-state index contributed by atoms with van der Waals surface area (Å²) in [4.78, 5) is 36.0. The summed E-state index contributed by atoms with van der Waals surface area (Å²) in [6, 6.07) is 7.35. The second-order valence-corrected chi connectivity index (χ2v) is 7.24. The van der Waals surface area contributed by atoms with Gasteiger partial charge in [-0.05, 0) is 29.9 Å². The lowest BCUT2D eigenvalue weighted by molar-refractivity contribution is -0.142. The molecular formula is C19H28N2O5S. The van der Waals surface area contributed by atoms with Gasteiger partial charge in [-0.2, -0.15) is 11.8 Å². The number of carbonyl (C=O) groups is 3. The van der Waals surface area contributed by atoms with Gasteiger partial charge < -0.3 is 20.5 Å². The molecule has 1 unspecified atom stereocenters. The molecule has 0 spiro atoms. The van der Waals surface area contributed by atoms with Gasteiger partial charge in [-0.15, -0.1) is 0 Å². The molecule has 0 radical (unpaired) electrons. The van der Waals surface area contributed by atoms with Crippen LogP contribution in [0.25, 0.3) is 0 Å². The lowest BCUT2D eigenvalue weighted by atomic mass is 9.98. The number of hydrogen-bond acceptors (Lipinski definition) is 5. The van der Waals surface area contributed by atoms with Crippen LogP contribution < -0.4 is 10.6 Å². The summed E-state index contributed by atoms with van der Waals surface area (Å²) in [5, 5.41) is 14.4. The van der Waals surface area contributed by atoms with E-state index in [2.05, 4.69) is 10.6 Å². The Labute approximate surface area is 164 Å². The number of aliphatic carboxylic acids is 1. The predicted molar refractivity (Wildman–Crippen MR) is 106 cm³/mol. The largest absolute Gasteiger partial charge is 0.480 e. The van der Waals surface area contributed by atoms with Gasteiger partial charge >= 0.3 is 12.1 Å². The Balaban J connectivity index is 2.68. The van der Waals surface area contributed by atoms with Crippen molar-refractivity contribution < 1.29 is 24.2 Å². The molecule has 2 amide bonds. The highest BCUT2D eigenvalue weighted by Crippen LogP contribution is 2.10. The maximum absolute atomic E-state index is 12.6. The minimum absolute atomic E-state index is 0.0903. The first-order chi connectivity index (χ1) is 12.9. The summed E-state index contributed by atoms with van der Waals surface area (Å²) in [7, 11) is 0. The standard InChI is InChI=1S/C19H28N2O5S/c1-4-13(2)16(17(22)20-15(18(23)24)10-11-27-3)21-19(25)26-12-14-8-6-5-7-9-14/h5-9,13,15-16H,4,10-12H2,1-3H3,(H,20,22)(H,21,25)(H,23,24)/t13?,15-,16-/m1/s1. The van der Waals surface area contributed by atoms with Gasteiger partial charge in [-0.3, -0.25) is 4.79 Å². The fourth-order valence-corrected chi connectivity index (χ4v) is 2.82. The van der Waals surface area contributed by atoms with Crippen molar-refractivity contribution >= 4 is 29.7 Å². The quantitative estimate of drug-likeness (QED) is 0.531. The van der Waals surface area contributed by atoms with Crippen LogP contribution in [0.2, 0.25) is 0 Å². The van der Waals surface area contributed by atoms with Crippen molar-refractivity contribution in [1.29, 1.82) is 0 Å². The van der Waals surface area contributed by atoms with Gasteiger partial charge in [-0.1, -0.05) is 50.6 Å². The summed E-state index contributed by atoms with van der Waals surface area (Å²) >= 11 is 1.50. The number of thioether (sulfide) groups is 1. The van der Waals surface area contributed by atoms with Crippen molar-refractivity contribution in [2.45, 2.75) is 45.4 Å². The van der Waals surface area contributed by atoms with E-state index in [1.807, 2.05) is 50.4 Å². The second kappa shape index (κ2) is 12.2. The molecule has 0 aliphatic heterocycles. The van der Waals surface area contributed by atoms with E-state index in [1.165, 1.54) is 11.8 Å². The third-order valence-corrected chi connectivity index (χ3v) is 4.85. The van der Waals surface area contributed by atoms with Crippen molar-refractivity contribution in [2.75, 3.05) is 12.0 Å². The number of nitrogens with one attached hydrogen (secondary N) is 2.